The van der Waals surface area contributed by atoms with E-state index in [-0.39, 0.29) is 41.2 Å². The van der Waals surface area contributed by atoms with Gasteiger partial charge in [0.25, 0.3) is 0 Å². The molecule has 3 aliphatic rings. The largest absolute Gasteiger partial charge is 0.462 e. The third-order valence-electron chi connectivity index (χ3n) is 6.21. The van der Waals surface area contributed by atoms with Crippen molar-refractivity contribution in [2.75, 3.05) is 6.61 Å². The number of furan rings is 1. The normalized spacial score (nSPS) is 28.3. The van der Waals surface area contributed by atoms with Gasteiger partial charge < -0.3 is 18.6 Å². The summed E-state index contributed by atoms with van der Waals surface area (Å²) in [6.45, 7) is -0.413. The van der Waals surface area contributed by atoms with Gasteiger partial charge in [-0.05, 0) is 55.2 Å². The van der Waals surface area contributed by atoms with Crippen LogP contribution in [0, 0.1) is 23.7 Å². The Kier molecular flexibility index (Phi) is 4.42. The Bertz CT molecular complexity index is 1000. The van der Waals surface area contributed by atoms with E-state index in [4.69, 9.17) is 18.6 Å². The van der Waals surface area contributed by atoms with E-state index in [9.17, 15) is 19.2 Å². The molecule has 0 radical (unpaired) electrons. The first-order valence-corrected chi connectivity index (χ1v) is 9.77. The molecule has 1 aliphatic heterocycles. The van der Waals surface area contributed by atoms with Crippen LogP contribution < -0.4 is 4.74 Å². The number of ketones is 1. The summed E-state index contributed by atoms with van der Waals surface area (Å²) < 4.78 is 20.7. The molecule has 2 aromatic rings. The second-order valence-corrected chi connectivity index (χ2v) is 7.84. The minimum Gasteiger partial charge on any atom is -0.462 e. The Morgan fingerprint density at radius 3 is 2.60 bits per heavy atom. The van der Waals surface area contributed by atoms with Gasteiger partial charge in [0.2, 0.25) is 5.76 Å². The highest BCUT2D eigenvalue weighted by Crippen LogP contribution is 2.57. The number of esters is 3. The Morgan fingerprint density at radius 1 is 1.07 bits per heavy atom. The fourth-order valence-electron chi connectivity index (χ4n) is 4.90. The molecule has 0 unspecified atom stereocenters. The monoisotopic (exact) mass is 410 g/mol. The molecule has 2 saturated carbocycles. The van der Waals surface area contributed by atoms with Gasteiger partial charge in [-0.1, -0.05) is 0 Å². The highest BCUT2D eigenvalue weighted by Gasteiger charge is 2.64. The van der Waals surface area contributed by atoms with Crippen LogP contribution in [-0.4, -0.2) is 36.4 Å². The molecule has 1 aromatic heterocycles. The van der Waals surface area contributed by atoms with Crippen molar-refractivity contribution in [3.8, 4) is 5.75 Å². The molecular formula is C22H18O8. The number of ether oxygens (including phenoxy) is 3. The summed E-state index contributed by atoms with van der Waals surface area (Å²) >= 11 is 0. The molecular weight excluding hydrogens is 392 g/mol. The van der Waals surface area contributed by atoms with Crippen LogP contribution in [-0.2, 0) is 19.1 Å². The number of hydrogen-bond acceptors (Lipinski definition) is 8. The number of Topliss-reactive ketones (excluding diaryl/α,β-unsaturated/α-hetero) is 1. The van der Waals surface area contributed by atoms with Gasteiger partial charge in [-0.3, -0.25) is 14.4 Å². The van der Waals surface area contributed by atoms with Crippen molar-refractivity contribution in [1.29, 1.82) is 0 Å². The molecule has 5 rings (SSSR count). The second-order valence-electron chi connectivity index (χ2n) is 7.84. The lowest BCUT2D eigenvalue weighted by atomic mass is 9.80. The van der Waals surface area contributed by atoms with Crippen molar-refractivity contribution >= 4 is 23.7 Å². The fourth-order valence-corrected chi connectivity index (χ4v) is 4.90. The molecule has 0 spiro atoms. The number of fused-ring (bicyclic) bond motifs is 1. The second kappa shape index (κ2) is 7.12. The summed E-state index contributed by atoms with van der Waals surface area (Å²) in [6, 6.07) is 8.97. The average molecular weight is 410 g/mol. The molecule has 8 heteroatoms. The zero-order chi connectivity index (χ0) is 20.8. The summed E-state index contributed by atoms with van der Waals surface area (Å²) in [7, 11) is 0. The SMILES string of the molecule is O=C(COC(=O)[C@@H]1[C@@H]2C[C@H]3[C@@H]1C(=O)O[C@@H]3C2)c1ccc(OC(=O)c2ccco2)cc1. The summed E-state index contributed by atoms with van der Waals surface area (Å²) in [6.07, 6.45) is 2.80. The van der Waals surface area contributed by atoms with E-state index >= 15 is 0 Å². The molecule has 8 nitrogen and oxygen atoms in total. The van der Waals surface area contributed by atoms with Gasteiger partial charge in [0.15, 0.2) is 12.4 Å². The third-order valence-corrected chi connectivity index (χ3v) is 6.21. The van der Waals surface area contributed by atoms with Crippen molar-refractivity contribution in [3.05, 3.63) is 54.0 Å². The van der Waals surface area contributed by atoms with Crippen LogP contribution in [0.5, 0.6) is 5.75 Å². The van der Waals surface area contributed by atoms with E-state index in [1.165, 1.54) is 36.6 Å². The Morgan fingerprint density at radius 2 is 1.87 bits per heavy atom. The van der Waals surface area contributed by atoms with Crippen LogP contribution in [0.15, 0.2) is 47.1 Å². The van der Waals surface area contributed by atoms with Crippen LogP contribution in [0.3, 0.4) is 0 Å². The molecule has 0 N–H and O–H groups in total. The Labute approximate surface area is 171 Å². The predicted molar refractivity (Wildman–Crippen MR) is 98.5 cm³/mol. The molecule has 1 aromatic carbocycles. The molecule has 30 heavy (non-hydrogen) atoms. The van der Waals surface area contributed by atoms with Gasteiger partial charge in [-0.25, -0.2) is 4.79 Å². The molecule has 2 aliphatic carbocycles. The van der Waals surface area contributed by atoms with Crippen molar-refractivity contribution < 1.29 is 37.8 Å². The first-order valence-electron chi connectivity index (χ1n) is 9.77. The number of carbonyl (C=O) groups excluding carboxylic acids is 4. The average Bonchev–Trinajstić information content (AvgIpc) is 3.49. The molecule has 154 valence electrons. The van der Waals surface area contributed by atoms with E-state index < -0.39 is 30.4 Å². The summed E-state index contributed by atoms with van der Waals surface area (Å²) in [4.78, 5) is 48.8. The van der Waals surface area contributed by atoms with Crippen LogP contribution in [0.25, 0.3) is 0 Å². The maximum Gasteiger partial charge on any atom is 0.379 e. The van der Waals surface area contributed by atoms with Gasteiger partial charge >= 0.3 is 17.9 Å². The summed E-state index contributed by atoms with van der Waals surface area (Å²) in [5.41, 5.74) is 0.314. The lowest BCUT2D eigenvalue weighted by molar-refractivity contribution is -0.154. The van der Waals surface area contributed by atoms with E-state index in [1.54, 1.807) is 6.07 Å². The first kappa shape index (κ1) is 18.6. The minimum atomic E-state index is -0.647. The highest BCUT2D eigenvalue weighted by molar-refractivity contribution is 5.98. The summed E-state index contributed by atoms with van der Waals surface area (Å²) in [5, 5.41) is 0. The van der Waals surface area contributed by atoms with Crippen molar-refractivity contribution in [3.63, 3.8) is 0 Å². The number of carbonyl (C=O) groups is 4. The molecule has 2 heterocycles. The van der Waals surface area contributed by atoms with Gasteiger partial charge in [0.1, 0.15) is 11.9 Å². The van der Waals surface area contributed by atoms with E-state index in [0.717, 1.165) is 6.42 Å². The Balaban J connectivity index is 1.16. The van der Waals surface area contributed by atoms with E-state index in [1.807, 2.05) is 0 Å². The predicted octanol–water partition coefficient (Wildman–Crippen LogP) is 2.42. The third kappa shape index (κ3) is 3.08. The lowest BCUT2D eigenvalue weighted by Gasteiger charge is -2.22. The van der Waals surface area contributed by atoms with Crippen LogP contribution in [0.2, 0.25) is 0 Å². The molecule has 2 bridgehead atoms. The van der Waals surface area contributed by atoms with Crippen LogP contribution >= 0.6 is 0 Å². The van der Waals surface area contributed by atoms with Crippen molar-refractivity contribution in [2.45, 2.75) is 18.9 Å². The van der Waals surface area contributed by atoms with Gasteiger partial charge in [0, 0.05) is 11.5 Å². The first-order chi connectivity index (χ1) is 14.5. The van der Waals surface area contributed by atoms with E-state index in [2.05, 4.69) is 0 Å². The van der Waals surface area contributed by atoms with Crippen LogP contribution in [0.1, 0.15) is 33.8 Å². The Hall–Kier alpha value is -3.42. The molecule has 3 fully saturated rings. The zero-order valence-electron chi connectivity index (χ0n) is 15.8. The quantitative estimate of drug-likeness (QED) is 0.406. The lowest BCUT2D eigenvalue weighted by Crippen LogP contribution is -2.34. The highest BCUT2D eigenvalue weighted by atomic mass is 16.6. The molecule has 5 atom stereocenters. The van der Waals surface area contributed by atoms with Crippen molar-refractivity contribution in [1.82, 2.24) is 0 Å². The van der Waals surface area contributed by atoms with E-state index in [0.29, 0.717) is 12.0 Å². The smallest absolute Gasteiger partial charge is 0.379 e. The van der Waals surface area contributed by atoms with Crippen LogP contribution in [0.4, 0.5) is 0 Å². The molecule has 0 amide bonds. The van der Waals surface area contributed by atoms with Crippen molar-refractivity contribution in [2.24, 2.45) is 23.7 Å². The topological polar surface area (TPSA) is 109 Å². The number of benzene rings is 1. The number of hydrogen-bond donors (Lipinski definition) is 0. The molecule has 1 saturated heterocycles. The number of rotatable bonds is 6. The fraction of sp³-hybridized carbons (Fsp3) is 0.364. The maximum absolute atomic E-state index is 12.5. The summed E-state index contributed by atoms with van der Waals surface area (Å²) in [5.74, 6) is -2.30. The minimum absolute atomic E-state index is 0.0569. The van der Waals surface area contributed by atoms with Gasteiger partial charge in [0.05, 0.1) is 18.1 Å². The maximum atomic E-state index is 12.5. The van der Waals surface area contributed by atoms with Gasteiger partial charge in [-0.15, -0.1) is 0 Å². The zero-order valence-corrected chi connectivity index (χ0v) is 15.8. The standard InChI is InChI=1S/C22H18O8/c23-15(11-3-5-13(6-4-11)29-20(24)16-2-1-7-27-16)10-28-21(25)18-12-8-14-17(9-12)30-22(26)19(14)18/h1-7,12,14,17-19H,8-10H2/t12-,14-,17-,18-,19+/m1/s1. The van der Waals surface area contributed by atoms with Gasteiger partial charge in [-0.2, -0.15) is 0 Å².